The van der Waals surface area contributed by atoms with E-state index in [1.807, 2.05) is 6.07 Å². The minimum absolute atomic E-state index is 0.0936. The van der Waals surface area contributed by atoms with Crippen molar-refractivity contribution in [1.29, 1.82) is 0 Å². The molecule has 2 nitrogen and oxygen atoms in total. The molecule has 3 heteroatoms. The van der Waals surface area contributed by atoms with Crippen molar-refractivity contribution < 1.29 is 4.39 Å². The summed E-state index contributed by atoms with van der Waals surface area (Å²) in [4.78, 5) is 2.60. The Hall–Kier alpha value is -0.930. The maximum absolute atomic E-state index is 13.3. The molecule has 1 fully saturated rings. The van der Waals surface area contributed by atoms with Gasteiger partial charge < -0.3 is 5.32 Å². The van der Waals surface area contributed by atoms with Gasteiger partial charge in [0.2, 0.25) is 0 Å². The lowest BCUT2D eigenvalue weighted by atomic mass is 9.97. The highest BCUT2D eigenvalue weighted by atomic mass is 19.1. The van der Waals surface area contributed by atoms with Crippen molar-refractivity contribution in [3.63, 3.8) is 0 Å². The monoisotopic (exact) mass is 276 g/mol. The highest BCUT2D eigenvalue weighted by Gasteiger charge is 2.29. The third-order valence-corrected chi connectivity index (χ3v) is 4.89. The van der Waals surface area contributed by atoms with Crippen LogP contribution >= 0.6 is 0 Å². The lowest BCUT2D eigenvalue weighted by molar-refractivity contribution is 0.160. The van der Waals surface area contributed by atoms with Crippen LogP contribution in [0.3, 0.4) is 0 Å². The molecule has 1 aromatic carbocycles. The molecule has 0 radical (unpaired) electrons. The maximum Gasteiger partial charge on any atom is 0.123 e. The molecule has 2 aliphatic rings. The molecule has 0 aromatic heterocycles. The Kier molecular flexibility index (Phi) is 4.37. The number of halogens is 1. The Labute approximate surface area is 121 Å². The molecule has 1 aliphatic heterocycles. The number of aryl methyl sites for hydroxylation is 1. The van der Waals surface area contributed by atoms with Crippen molar-refractivity contribution in [2.45, 2.75) is 38.6 Å². The van der Waals surface area contributed by atoms with Crippen molar-refractivity contribution in [1.82, 2.24) is 10.2 Å². The molecule has 20 heavy (non-hydrogen) atoms. The number of hydrogen-bond donors (Lipinski definition) is 1. The van der Waals surface area contributed by atoms with Crippen LogP contribution in [0, 0.1) is 11.7 Å². The van der Waals surface area contributed by atoms with E-state index in [0.717, 1.165) is 31.8 Å². The second-order valence-corrected chi connectivity index (χ2v) is 6.20. The van der Waals surface area contributed by atoms with Gasteiger partial charge in [-0.1, -0.05) is 13.0 Å². The Bertz CT molecular complexity index is 454. The van der Waals surface area contributed by atoms with Crippen molar-refractivity contribution in [3.8, 4) is 0 Å². The third kappa shape index (κ3) is 2.89. The molecule has 1 aliphatic carbocycles. The standard InChI is InChI=1S/C17H25FN2/c1-2-20(12-13-4-3-9-19-11-13)17-8-5-14-10-15(18)6-7-16(14)17/h6-7,10,13,17,19H,2-5,8-9,11-12H2,1H3. The summed E-state index contributed by atoms with van der Waals surface area (Å²) in [5.41, 5.74) is 2.58. The zero-order valence-electron chi connectivity index (χ0n) is 12.4. The molecule has 0 bridgehead atoms. The highest BCUT2D eigenvalue weighted by Crippen LogP contribution is 2.36. The quantitative estimate of drug-likeness (QED) is 0.909. The van der Waals surface area contributed by atoms with E-state index >= 15 is 0 Å². The molecule has 3 rings (SSSR count). The molecule has 110 valence electrons. The first-order valence-electron chi connectivity index (χ1n) is 8.01. The molecule has 0 spiro atoms. The first-order chi connectivity index (χ1) is 9.78. The van der Waals surface area contributed by atoms with E-state index < -0.39 is 0 Å². The predicted molar refractivity (Wildman–Crippen MR) is 80.3 cm³/mol. The van der Waals surface area contributed by atoms with Crippen LogP contribution in [0.5, 0.6) is 0 Å². The number of hydrogen-bond acceptors (Lipinski definition) is 2. The summed E-state index contributed by atoms with van der Waals surface area (Å²) < 4.78 is 13.3. The molecule has 1 heterocycles. The summed E-state index contributed by atoms with van der Waals surface area (Å²) >= 11 is 0. The minimum Gasteiger partial charge on any atom is -0.316 e. The number of piperidine rings is 1. The van der Waals surface area contributed by atoms with E-state index in [2.05, 4.69) is 17.1 Å². The van der Waals surface area contributed by atoms with Gasteiger partial charge in [-0.15, -0.1) is 0 Å². The zero-order chi connectivity index (χ0) is 13.9. The fourth-order valence-electron chi connectivity index (χ4n) is 3.83. The summed E-state index contributed by atoms with van der Waals surface area (Å²) in [5.74, 6) is 0.678. The van der Waals surface area contributed by atoms with Gasteiger partial charge in [0.05, 0.1) is 0 Å². The number of rotatable bonds is 4. The van der Waals surface area contributed by atoms with E-state index in [1.165, 1.54) is 37.1 Å². The van der Waals surface area contributed by atoms with Gasteiger partial charge >= 0.3 is 0 Å². The lowest BCUT2D eigenvalue weighted by Crippen LogP contribution is -2.39. The minimum atomic E-state index is -0.0936. The van der Waals surface area contributed by atoms with E-state index in [4.69, 9.17) is 0 Å². The van der Waals surface area contributed by atoms with E-state index in [9.17, 15) is 4.39 Å². The first kappa shape index (κ1) is 14.0. The molecular formula is C17H25FN2. The fraction of sp³-hybridized carbons (Fsp3) is 0.647. The molecule has 1 aromatic rings. The van der Waals surface area contributed by atoms with Gasteiger partial charge in [-0.2, -0.15) is 0 Å². The second kappa shape index (κ2) is 6.23. The smallest absolute Gasteiger partial charge is 0.123 e. The van der Waals surface area contributed by atoms with Crippen LogP contribution in [-0.2, 0) is 6.42 Å². The van der Waals surface area contributed by atoms with Crippen LogP contribution < -0.4 is 5.32 Å². The number of benzene rings is 1. The van der Waals surface area contributed by atoms with Gasteiger partial charge in [-0.05, 0) is 74.5 Å². The summed E-state index contributed by atoms with van der Waals surface area (Å²) in [6.07, 6.45) is 4.81. The molecule has 2 unspecified atom stereocenters. The maximum atomic E-state index is 13.3. The average molecular weight is 276 g/mol. The van der Waals surface area contributed by atoms with Crippen LogP contribution in [0.2, 0.25) is 0 Å². The lowest BCUT2D eigenvalue weighted by Gasteiger charge is -2.33. The van der Waals surface area contributed by atoms with Gasteiger partial charge in [0.15, 0.2) is 0 Å². The second-order valence-electron chi connectivity index (χ2n) is 6.20. The van der Waals surface area contributed by atoms with Crippen molar-refractivity contribution in [3.05, 3.63) is 35.1 Å². The molecule has 2 atom stereocenters. The molecule has 1 saturated heterocycles. The van der Waals surface area contributed by atoms with Gasteiger partial charge in [0.1, 0.15) is 5.82 Å². The van der Waals surface area contributed by atoms with Gasteiger partial charge in [-0.25, -0.2) is 4.39 Å². The Balaban J connectivity index is 1.71. The summed E-state index contributed by atoms with van der Waals surface area (Å²) in [5, 5.41) is 3.51. The van der Waals surface area contributed by atoms with Crippen LogP contribution in [-0.4, -0.2) is 31.1 Å². The van der Waals surface area contributed by atoms with Crippen molar-refractivity contribution in [2.24, 2.45) is 5.92 Å². The highest BCUT2D eigenvalue weighted by molar-refractivity contribution is 5.35. The predicted octanol–water partition coefficient (Wildman–Crippen LogP) is 3.13. The van der Waals surface area contributed by atoms with Crippen LogP contribution in [0.15, 0.2) is 18.2 Å². The summed E-state index contributed by atoms with van der Waals surface area (Å²) in [6.45, 7) is 6.83. The fourth-order valence-corrected chi connectivity index (χ4v) is 3.83. The van der Waals surface area contributed by atoms with E-state index in [-0.39, 0.29) is 5.82 Å². The average Bonchev–Trinajstić information content (AvgIpc) is 2.88. The van der Waals surface area contributed by atoms with Gasteiger partial charge in [-0.3, -0.25) is 4.90 Å². The largest absolute Gasteiger partial charge is 0.316 e. The van der Waals surface area contributed by atoms with Crippen molar-refractivity contribution in [2.75, 3.05) is 26.2 Å². The van der Waals surface area contributed by atoms with Gasteiger partial charge in [0.25, 0.3) is 0 Å². The van der Waals surface area contributed by atoms with E-state index in [0.29, 0.717) is 6.04 Å². The number of nitrogens with one attached hydrogen (secondary N) is 1. The zero-order valence-corrected chi connectivity index (χ0v) is 12.4. The topological polar surface area (TPSA) is 15.3 Å². The molecule has 0 amide bonds. The normalized spacial score (nSPS) is 25.9. The van der Waals surface area contributed by atoms with Crippen LogP contribution in [0.25, 0.3) is 0 Å². The number of fused-ring (bicyclic) bond motifs is 1. The number of nitrogens with zero attached hydrogens (tertiary/aromatic N) is 1. The van der Waals surface area contributed by atoms with Crippen molar-refractivity contribution >= 4 is 0 Å². The van der Waals surface area contributed by atoms with E-state index in [1.54, 1.807) is 12.1 Å². The molecule has 1 N–H and O–H groups in total. The molecular weight excluding hydrogens is 251 g/mol. The summed E-state index contributed by atoms with van der Waals surface area (Å²) in [7, 11) is 0. The molecule has 0 saturated carbocycles. The van der Waals surface area contributed by atoms with Crippen LogP contribution in [0.4, 0.5) is 4.39 Å². The Morgan fingerprint density at radius 2 is 2.25 bits per heavy atom. The van der Waals surface area contributed by atoms with Gasteiger partial charge in [0, 0.05) is 12.6 Å². The third-order valence-electron chi connectivity index (χ3n) is 4.89. The first-order valence-corrected chi connectivity index (χ1v) is 8.01. The Morgan fingerprint density at radius 1 is 1.35 bits per heavy atom. The SMILES string of the molecule is CCN(CC1CCCNC1)C1CCc2cc(F)ccc21. The Morgan fingerprint density at radius 3 is 3.00 bits per heavy atom. The summed E-state index contributed by atoms with van der Waals surface area (Å²) in [6, 6.07) is 5.85. The van der Waals surface area contributed by atoms with Crippen LogP contribution in [0.1, 0.15) is 43.4 Å².